The van der Waals surface area contributed by atoms with Gasteiger partial charge in [0, 0.05) is 25.5 Å². The molecule has 6 heteroatoms. The zero-order valence-electron chi connectivity index (χ0n) is 9.92. The van der Waals surface area contributed by atoms with Crippen LogP contribution in [0.5, 0.6) is 0 Å². The minimum atomic E-state index is -0.628. The van der Waals surface area contributed by atoms with E-state index in [1.807, 2.05) is 24.7 Å². The minimum Gasteiger partial charge on any atom is -0.373 e. The van der Waals surface area contributed by atoms with Crippen LogP contribution in [0.3, 0.4) is 0 Å². The van der Waals surface area contributed by atoms with Gasteiger partial charge in [-0.25, -0.2) is 13.8 Å². The van der Waals surface area contributed by atoms with Gasteiger partial charge < -0.3 is 9.88 Å². The van der Waals surface area contributed by atoms with E-state index in [4.69, 9.17) is 0 Å². The summed E-state index contributed by atoms with van der Waals surface area (Å²) in [7, 11) is 1.86. The maximum absolute atomic E-state index is 13.6. The smallest absolute Gasteiger partial charge is 0.149 e. The number of benzene rings is 1. The number of aromatic nitrogens is 2. The lowest BCUT2D eigenvalue weighted by atomic mass is 10.2. The van der Waals surface area contributed by atoms with Crippen LogP contribution in [0.25, 0.3) is 0 Å². The van der Waals surface area contributed by atoms with Gasteiger partial charge in [0.2, 0.25) is 0 Å². The number of anilines is 1. The molecule has 0 fully saturated rings. The van der Waals surface area contributed by atoms with Crippen LogP contribution in [0, 0.1) is 11.6 Å². The van der Waals surface area contributed by atoms with Crippen molar-refractivity contribution in [3.63, 3.8) is 0 Å². The van der Waals surface area contributed by atoms with Crippen molar-refractivity contribution in [2.75, 3.05) is 5.32 Å². The average Bonchev–Trinajstić information content (AvgIpc) is 2.72. The molecular formula is C12H12BrF2N3. The number of hydrogen-bond donors (Lipinski definition) is 1. The number of nitrogens with one attached hydrogen (secondary N) is 1. The van der Waals surface area contributed by atoms with E-state index >= 15 is 0 Å². The molecular weight excluding hydrogens is 304 g/mol. The molecule has 1 aromatic carbocycles. The van der Waals surface area contributed by atoms with Gasteiger partial charge in [0.1, 0.15) is 17.5 Å². The monoisotopic (exact) mass is 315 g/mol. The number of rotatable bonds is 3. The minimum absolute atomic E-state index is 0.183. The summed E-state index contributed by atoms with van der Waals surface area (Å²) in [6, 6.07) is 2.04. The van der Waals surface area contributed by atoms with E-state index in [1.165, 1.54) is 6.07 Å². The Labute approximate surface area is 112 Å². The second-order valence-electron chi connectivity index (χ2n) is 4.01. The zero-order chi connectivity index (χ0) is 13.3. The van der Waals surface area contributed by atoms with Crippen molar-refractivity contribution in [1.82, 2.24) is 9.55 Å². The van der Waals surface area contributed by atoms with Crippen LogP contribution in [0.1, 0.15) is 18.8 Å². The molecule has 0 spiro atoms. The second kappa shape index (κ2) is 5.06. The van der Waals surface area contributed by atoms with Crippen LogP contribution < -0.4 is 5.32 Å². The molecule has 1 atom stereocenters. The van der Waals surface area contributed by atoms with Crippen LogP contribution in [-0.4, -0.2) is 9.55 Å². The van der Waals surface area contributed by atoms with Crippen molar-refractivity contribution in [3.05, 3.63) is 46.5 Å². The molecule has 1 N–H and O–H groups in total. The van der Waals surface area contributed by atoms with Crippen molar-refractivity contribution >= 4 is 21.6 Å². The Morgan fingerprint density at radius 1 is 1.33 bits per heavy atom. The molecule has 96 valence electrons. The fourth-order valence-corrected chi connectivity index (χ4v) is 2.07. The fourth-order valence-electron chi connectivity index (χ4n) is 1.73. The number of aryl methyl sites for hydroxylation is 1. The summed E-state index contributed by atoms with van der Waals surface area (Å²) in [5.74, 6) is -0.477. The molecule has 0 aliphatic rings. The van der Waals surface area contributed by atoms with E-state index in [0.29, 0.717) is 0 Å². The molecule has 2 rings (SSSR count). The summed E-state index contributed by atoms with van der Waals surface area (Å²) >= 11 is 3.03. The predicted octanol–water partition coefficient (Wildman–Crippen LogP) is 3.63. The number of imidazole rings is 1. The molecule has 0 aliphatic carbocycles. The molecule has 1 heterocycles. The Morgan fingerprint density at radius 2 is 2.06 bits per heavy atom. The first-order valence-corrected chi connectivity index (χ1v) is 6.16. The molecule has 0 amide bonds. The van der Waals surface area contributed by atoms with Gasteiger partial charge in [0.15, 0.2) is 0 Å². The summed E-state index contributed by atoms with van der Waals surface area (Å²) in [6.45, 7) is 1.86. The molecule has 3 nitrogen and oxygen atoms in total. The lowest BCUT2D eigenvalue weighted by Crippen LogP contribution is -2.13. The summed E-state index contributed by atoms with van der Waals surface area (Å²) < 4.78 is 28.7. The standard InChI is InChI=1S/C12H12BrF2N3/c1-7(12-16-3-4-18(12)2)17-11-5-8(13)9(14)6-10(11)15/h3-7,17H,1-2H3. The van der Waals surface area contributed by atoms with Gasteiger partial charge in [-0.15, -0.1) is 0 Å². The normalized spacial score (nSPS) is 12.5. The van der Waals surface area contributed by atoms with Crippen LogP contribution in [-0.2, 0) is 7.05 Å². The number of nitrogens with zero attached hydrogens (tertiary/aromatic N) is 2. The van der Waals surface area contributed by atoms with Crippen molar-refractivity contribution in [2.45, 2.75) is 13.0 Å². The molecule has 0 radical (unpaired) electrons. The molecule has 0 saturated heterocycles. The Bertz CT molecular complexity index is 568. The molecule has 18 heavy (non-hydrogen) atoms. The van der Waals surface area contributed by atoms with Gasteiger partial charge in [0.25, 0.3) is 0 Å². The lowest BCUT2D eigenvalue weighted by Gasteiger charge is -2.16. The van der Waals surface area contributed by atoms with Gasteiger partial charge in [-0.1, -0.05) is 0 Å². The predicted molar refractivity (Wildman–Crippen MR) is 69.3 cm³/mol. The van der Waals surface area contributed by atoms with E-state index in [9.17, 15) is 8.78 Å². The Kier molecular flexibility index (Phi) is 3.65. The summed E-state index contributed by atoms with van der Waals surface area (Å²) in [5, 5.41) is 2.97. The highest BCUT2D eigenvalue weighted by Crippen LogP contribution is 2.26. The summed E-state index contributed by atoms with van der Waals surface area (Å²) in [5.41, 5.74) is 0.235. The largest absolute Gasteiger partial charge is 0.373 e. The molecule has 1 aromatic heterocycles. The van der Waals surface area contributed by atoms with Crippen molar-refractivity contribution in [1.29, 1.82) is 0 Å². The summed E-state index contributed by atoms with van der Waals surface area (Å²) in [6.07, 6.45) is 3.48. The molecule has 0 saturated carbocycles. The van der Waals surface area contributed by atoms with Crippen molar-refractivity contribution in [2.24, 2.45) is 7.05 Å². The molecule has 2 aromatic rings. The van der Waals surface area contributed by atoms with Crippen LogP contribution in [0.2, 0.25) is 0 Å². The van der Waals surface area contributed by atoms with Crippen molar-refractivity contribution in [3.8, 4) is 0 Å². The van der Waals surface area contributed by atoms with Crippen LogP contribution >= 0.6 is 15.9 Å². The molecule has 0 bridgehead atoms. The quantitative estimate of drug-likeness (QED) is 0.876. The molecule has 1 unspecified atom stereocenters. The highest BCUT2D eigenvalue weighted by molar-refractivity contribution is 9.10. The third-order valence-corrected chi connectivity index (χ3v) is 3.24. The Balaban J connectivity index is 2.24. The zero-order valence-corrected chi connectivity index (χ0v) is 11.5. The second-order valence-corrected chi connectivity index (χ2v) is 4.86. The SMILES string of the molecule is CC(Nc1cc(Br)c(F)cc1F)c1nccn1C. The van der Waals surface area contributed by atoms with Gasteiger partial charge in [0.05, 0.1) is 16.2 Å². The van der Waals surface area contributed by atoms with Gasteiger partial charge in [-0.3, -0.25) is 0 Å². The van der Waals surface area contributed by atoms with E-state index in [0.717, 1.165) is 11.9 Å². The first kappa shape index (κ1) is 13.0. The van der Waals surface area contributed by atoms with Gasteiger partial charge in [-0.2, -0.15) is 0 Å². The summed E-state index contributed by atoms with van der Waals surface area (Å²) in [4.78, 5) is 4.17. The van der Waals surface area contributed by atoms with E-state index < -0.39 is 11.6 Å². The van der Waals surface area contributed by atoms with Gasteiger partial charge in [-0.05, 0) is 28.9 Å². The third kappa shape index (κ3) is 2.53. The van der Waals surface area contributed by atoms with Gasteiger partial charge >= 0.3 is 0 Å². The average molecular weight is 316 g/mol. The maximum atomic E-state index is 13.6. The van der Waals surface area contributed by atoms with Crippen molar-refractivity contribution < 1.29 is 8.78 Å². The van der Waals surface area contributed by atoms with E-state index in [-0.39, 0.29) is 16.2 Å². The third-order valence-electron chi connectivity index (χ3n) is 2.63. The molecule has 0 aliphatic heterocycles. The first-order valence-electron chi connectivity index (χ1n) is 5.37. The van der Waals surface area contributed by atoms with E-state index in [2.05, 4.69) is 26.2 Å². The number of hydrogen-bond acceptors (Lipinski definition) is 2. The topological polar surface area (TPSA) is 29.9 Å². The Morgan fingerprint density at radius 3 is 2.67 bits per heavy atom. The first-order chi connectivity index (χ1) is 8.49. The van der Waals surface area contributed by atoms with E-state index in [1.54, 1.807) is 6.20 Å². The maximum Gasteiger partial charge on any atom is 0.149 e. The van der Waals surface area contributed by atoms with Crippen LogP contribution in [0.15, 0.2) is 29.0 Å². The highest BCUT2D eigenvalue weighted by Gasteiger charge is 2.14. The van der Waals surface area contributed by atoms with Crippen LogP contribution in [0.4, 0.5) is 14.5 Å². The lowest BCUT2D eigenvalue weighted by molar-refractivity contribution is 0.578. The number of halogens is 3. The Hall–Kier alpha value is -1.43. The fraction of sp³-hybridized carbons (Fsp3) is 0.250. The highest BCUT2D eigenvalue weighted by atomic mass is 79.9.